The van der Waals surface area contributed by atoms with Crippen LogP contribution in [0.3, 0.4) is 0 Å². The van der Waals surface area contributed by atoms with Crippen molar-refractivity contribution < 1.29 is 0 Å². The Labute approximate surface area is 111 Å². The molecule has 2 heteroatoms. The van der Waals surface area contributed by atoms with Gasteiger partial charge in [-0.1, -0.05) is 37.6 Å². The van der Waals surface area contributed by atoms with Crippen LogP contribution in [0.5, 0.6) is 0 Å². The van der Waals surface area contributed by atoms with Crippen LogP contribution < -0.4 is 0 Å². The molecule has 0 aromatic carbocycles. The number of aliphatic imine (C=N–C) groups is 1. The second kappa shape index (κ2) is 10.6. The Morgan fingerprint density at radius 3 is 2.65 bits per heavy atom. The van der Waals surface area contributed by atoms with E-state index < -0.39 is 0 Å². The van der Waals surface area contributed by atoms with Crippen LogP contribution in [0.4, 0.5) is 0 Å². The number of rotatable bonds is 5. The topological polar surface area (TPSA) is 12.4 Å². The maximum Gasteiger partial charge on any atom is 0.0662 e. The third-order valence-electron chi connectivity index (χ3n) is 2.89. The largest absolute Gasteiger partial charge is 0.282 e. The number of hydrogen-bond acceptors (Lipinski definition) is 2. The Morgan fingerprint density at radius 2 is 2.18 bits per heavy atom. The van der Waals surface area contributed by atoms with Gasteiger partial charge in [-0.3, -0.25) is 4.99 Å². The van der Waals surface area contributed by atoms with Crippen molar-refractivity contribution in [3.8, 4) is 0 Å². The van der Waals surface area contributed by atoms with E-state index in [1.54, 1.807) is 0 Å². The van der Waals surface area contributed by atoms with Gasteiger partial charge in [-0.15, -0.1) is 11.8 Å². The summed E-state index contributed by atoms with van der Waals surface area (Å²) in [6, 6.07) is 0.510. The van der Waals surface area contributed by atoms with Gasteiger partial charge in [-0.2, -0.15) is 0 Å². The van der Waals surface area contributed by atoms with E-state index in [4.69, 9.17) is 0 Å². The van der Waals surface area contributed by atoms with Crippen molar-refractivity contribution in [2.24, 2.45) is 10.9 Å². The highest BCUT2D eigenvalue weighted by Gasteiger charge is 2.20. The minimum atomic E-state index is 0.510. The molecule has 0 bridgehead atoms. The minimum absolute atomic E-state index is 0.510. The summed E-state index contributed by atoms with van der Waals surface area (Å²) in [7, 11) is 0. The fourth-order valence-electron chi connectivity index (χ4n) is 1.74. The highest BCUT2D eigenvalue weighted by Crippen LogP contribution is 2.25. The van der Waals surface area contributed by atoms with Crippen LogP contribution in [-0.4, -0.2) is 17.3 Å². The highest BCUT2D eigenvalue weighted by molar-refractivity contribution is 8.12. The molecule has 0 amide bonds. The molecular formula is C15H27NS. The second-order valence-electron chi connectivity index (χ2n) is 4.02. The van der Waals surface area contributed by atoms with Crippen LogP contribution in [0.2, 0.25) is 0 Å². The summed E-state index contributed by atoms with van der Waals surface area (Å²) in [5.41, 5.74) is 3.49. The summed E-state index contributed by atoms with van der Waals surface area (Å²) in [4.78, 5) is 4.53. The van der Waals surface area contributed by atoms with E-state index in [0.29, 0.717) is 12.0 Å². The molecule has 0 aromatic heterocycles. The lowest BCUT2D eigenvalue weighted by Gasteiger charge is -2.17. The zero-order valence-electron chi connectivity index (χ0n) is 11.9. The molecule has 2 atom stereocenters. The van der Waals surface area contributed by atoms with Crippen LogP contribution in [0.1, 0.15) is 47.5 Å². The Balaban J connectivity index is 0.00000121. The zero-order valence-corrected chi connectivity index (χ0v) is 12.8. The van der Waals surface area contributed by atoms with Crippen molar-refractivity contribution in [3.63, 3.8) is 0 Å². The van der Waals surface area contributed by atoms with E-state index in [0.717, 1.165) is 5.75 Å². The van der Waals surface area contributed by atoms with Crippen LogP contribution >= 0.6 is 11.8 Å². The summed E-state index contributed by atoms with van der Waals surface area (Å²) in [5.74, 6) is 1.78. The molecule has 0 N–H and O–H groups in total. The van der Waals surface area contributed by atoms with Crippen molar-refractivity contribution in [2.75, 3.05) is 5.75 Å². The number of hydrogen-bond donors (Lipinski definition) is 0. The van der Waals surface area contributed by atoms with Crippen molar-refractivity contribution >= 4 is 17.3 Å². The molecule has 1 heterocycles. The van der Waals surface area contributed by atoms with Crippen molar-refractivity contribution in [3.05, 3.63) is 23.8 Å². The lowest BCUT2D eigenvalue weighted by molar-refractivity contribution is 0.509. The Hall–Kier alpha value is -0.500. The molecule has 0 spiro atoms. The van der Waals surface area contributed by atoms with E-state index in [1.807, 2.05) is 31.2 Å². The first-order chi connectivity index (χ1) is 8.27. The normalized spacial score (nSPS) is 21.5. The molecule has 1 nitrogen and oxygen atoms in total. The third kappa shape index (κ3) is 6.72. The van der Waals surface area contributed by atoms with Gasteiger partial charge in [0.15, 0.2) is 0 Å². The molecule has 0 saturated heterocycles. The molecule has 1 aliphatic heterocycles. The monoisotopic (exact) mass is 253 g/mol. The van der Waals surface area contributed by atoms with Crippen LogP contribution in [0.15, 0.2) is 28.8 Å². The average Bonchev–Trinajstić information content (AvgIpc) is 2.90. The SMILES string of the molecule is C/C=C\C(CC/C(C)=C\C)C1CSC=N1.CC. The lowest BCUT2D eigenvalue weighted by atomic mass is 9.93. The van der Waals surface area contributed by atoms with Crippen LogP contribution in [0, 0.1) is 5.92 Å². The van der Waals surface area contributed by atoms with Gasteiger partial charge in [0.2, 0.25) is 0 Å². The summed E-state index contributed by atoms with van der Waals surface area (Å²) < 4.78 is 0. The molecule has 0 aliphatic carbocycles. The summed E-state index contributed by atoms with van der Waals surface area (Å²) in [6.07, 6.45) is 9.11. The Kier molecular flexibility index (Phi) is 10.3. The molecule has 2 unspecified atom stereocenters. The Morgan fingerprint density at radius 1 is 1.47 bits per heavy atom. The van der Waals surface area contributed by atoms with E-state index in [9.17, 15) is 0 Å². The molecule has 1 rings (SSSR count). The number of allylic oxidation sites excluding steroid dienone is 3. The molecule has 0 radical (unpaired) electrons. The van der Waals surface area contributed by atoms with Gasteiger partial charge in [-0.05, 0) is 33.6 Å². The zero-order chi connectivity index (χ0) is 13.1. The second-order valence-corrected chi connectivity index (χ2v) is 4.90. The predicted molar refractivity (Wildman–Crippen MR) is 83.1 cm³/mol. The van der Waals surface area contributed by atoms with E-state index in [2.05, 4.69) is 44.0 Å². The third-order valence-corrected chi connectivity index (χ3v) is 3.70. The van der Waals surface area contributed by atoms with Crippen molar-refractivity contribution in [1.82, 2.24) is 0 Å². The number of thioether (sulfide) groups is 1. The summed E-state index contributed by atoms with van der Waals surface area (Å²) in [6.45, 7) is 10.4. The quantitative estimate of drug-likeness (QED) is 0.621. The average molecular weight is 253 g/mol. The van der Waals surface area contributed by atoms with E-state index in [1.165, 1.54) is 18.4 Å². The Bertz CT molecular complexity index is 266. The smallest absolute Gasteiger partial charge is 0.0662 e. The standard InChI is InChI=1S/C13H21NS.C2H6/c1-4-6-12(8-7-11(3)5-2)13-9-15-10-14-13;1-2/h4-6,10,12-13H,7-9H2,1-3H3;1-2H3/b6-4-,11-5-;. The molecule has 1 aliphatic rings. The van der Waals surface area contributed by atoms with Crippen LogP contribution in [0.25, 0.3) is 0 Å². The summed E-state index contributed by atoms with van der Waals surface area (Å²) in [5, 5.41) is 0. The highest BCUT2D eigenvalue weighted by atomic mass is 32.2. The molecule has 0 aromatic rings. The van der Waals surface area contributed by atoms with Crippen molar-refractivity contribution in [2.45, 2.75) is 53.5 Å². The van der Waals surface area contributed by atoms with Gasteiger partial charge in [0, 0.05) is 11.7 Å². The molecule has 0 fully saturated rings. The van der Waals surface area contributed by atoms with E-state index in [-0.39, 0.29) is 0 Å². The lowest BCUT2D eigenvalue weighted by Crippen LogP contribution is -2.17. The van der Waals surface area contributed by atoms with E-state index >= 15 is 0 Å². The maximum absolute atomic E-state index is 4.53. The first kappa shape index (κ1) is 16.5. The summed E-state index contributed by atoms with van der Waals surface area (Å²) >= 11 is 1.84. The first-order valence-corrected chi connectivity index (χ1v) is 7.70. The molecule has 0 saturated carbocycles. The van der Waals surface area contributed by atoms with Gasteiger partial charge < -0.3 is 0 Å². The predicted octanol–water partition coefficient (Wildman–Crippen LogP) is 5.10. The molecular weight excluding hydrogens is 226 g/mol. The maximum atomic E-state index is 4.53. The number of nitrogens with zero attached hydrogens (tertiary/aromatic N) is 1. The molecule has 17 heavy (non-hydrogen) atoms. The first-order valence-electron chi connectivity index (χ1n) is 6.65. The fourth-order valence-corrected chi connectivity index (χ4v) is 2.60. The fraction of sp³-hybridized carbons (Fsp3) is 0.667. The van der Waals surface area contributed by atoms with Gasteiger partial charge in [-0.25, -0.2) is 0 Å². The molecule has 98 valence electrons. The van der Waals surface area contributed by atoms with Crippen molar-refractivity contribution in [1.29, 1.82) is 0 Å². The van der Waals surface area contributed by atoms with Gasteiger partial charge >= 0.3 is 0 Å². The van der Waals surface area contributed by atoms with Crippen LogP contribution in [-0.2, 0) is 0 Å². The minimum Gasteiger partial charge on any atom is -0.282 e. The van der Waals surface area contributed by atoms with Gasteiger partial charge in [0.05, 0.1) is 11.6 Å². The van der Waals surface area contributed by atoms with Gasteiger partial charge in [0.1, 0.15) is 0 Å². The van der Waals surface area contributed by atoms with Gasteiger partial charge in [0.25, 0.3) is 0 Å².